The number of aryl methyl sites for hydroxylation is 2. The van der Waals surface area contributed by atoms with E-state index in [1.165, 1.54) is 20.2 Å². The molecule has 0 unspecified atom stereocenters. The van der Waals surface area contributed by atoms with Crippen molar-refractivity contribution < 1.29 is 46.2 Å². The fourth-order valence-corrected chi connectivity index (χ4v) is 4.71. The monoisotopic (exact) mass is 701 g/mol. The van der Waals surface area contributed by atoms with E-state index in [4.69, 9.17) is 9.47 Å². The van der Waals surface area contributed by atoms with Crippen LogP contribution >= 0.6 is 0 Å². The van der Waals surface area contributed by atoms with Crippen LogP contribution in [0.3, 0.4) is 0 Å². The van der Waals surface area contributed by atoms with Crippen LogP contribution in [0.25, 0.3) is 11.1 Å². The average Bonchev–Trinajstić information content (AvgIpc) is 3.63. The van der Waals surface area contributed by atoms with Gasteiger partial charge >= 0.3 is 5.97 Å². The molecule has 4 heterocycles. The molecule has 0 atom stereocenters. The van der Waals surface area contributed by atoms with Gasteiger partial charge in [0.2, 0.25) is 11.8 Å². The number of ether oxygens (including phenoxy) is 3. The van der Waals surface area contributed by atoms with Crippen molar-refractivity contribution in [3.05, 3.63) is 76.9 Å². The normalized spacial score (nSPS) is 12.6. The lowest BCUT2D eigenvalue weighted by Gasteiger charge is -2.16. The lowest BCUT2D eigenvalue weighted by atomic mass is 10.0. The van der Waals surface area contributed by atoms with Crippen molar-refractivity contribution in [2.45, 2.75) is 58.5 Å². The summed E-state index contributed by atoms with van der Waals surface area (Å²) in [6, 6.07) is 7.91. The quantitative estimate of drug-likeness (QED) is 0.102. The standard InChI is InChI=1S/C22H23F2N5O2.C11H12F2N2O4/c1-4-22(23,24)12-31-20-19-18(25-13-26-20)11-29(21(19)30)9-15-5-7-16(8-6-15)17-10-28(3)27-14(17)2;1-3-11(12,13)5-19-9-8(10(17)18-2)7(4-16)14-6-15-9/h5-8,10,13H,4,9,11-12H2,1-3H3;4,6H,3,5H2,1-2H3. The molecule has 4 aromatic rings. The summed E-state index contributed by atoms with van der Waals surface area (Å²) in [5.41, 5.74) is 3.99. The van der Waals surface area contributed by atoms with E-state index in [1.807, 2.05) is 44.4 Å². The molecular formula is C33H35F4N7O6. The van der Waals surface area contributed by atoms with Gasteiger partial charge in [-0.1, -0.05) is 38.1 Å². The van der Waals surface area contributed by atoms with Gasteiger partial charge in [-0.25, -0.2) is 42.3 Å². The number of hydrogen-bond acceptors (Lipinski definition) is 11. The number of amides is 1. The van der Waals surface area contributed by atoms with E-state index >= 15 is 0 Å². The summed E-state index contributed by atoms with van der Waals surface area (Å²) in [4.78, 5) is 51.9. The third-order valence-electron chi connectivity index (χ3n) is 7.60. The Morgan fingerprint density at radius 1 is 0.940 bits per heavy atom. The number of esters is 1. The first-order valence-corrected chi connectivity index (χ1v) is 15.3. The van der Waals surface area contributed by atoms with Gasteiger partial charge in [-0.05, 0) is 18.1 Å². The van der Waals surface area contributed by atoms with E-state index in [0.29, 0.717) is 18.5 Å². The Hall–Kier alpha value is -5.48. The maximum Gasteiger partial charge on any atom is 0.345 e. The molecule has 5 rings (SSSR count). The maximum absolute atomic E-state index is 13.6. The fourth-order valence-electron chi connectivity index (χ4n) is 4.71. The average molecular weight is 702 g/mol. The van der Waals surface area contributed by atoms with Crippen molar-refractivity contribution in [2.24, 2.45) is 7.05 Å². The van der Waals surface area contributed by atoms with Crippen LogP contribution in [-0.2, 0) is 24.9 Å². The predicted octanol–water partition coefficient (Wildman–Crippen LogP) is 5.27. The summed E-state index contributed by atoms with van der Waals surface area (Å²) in [6.07, 6.45) is 3.66. The van der Waals surface area contributed by atoms with Gasteiger partial charge in [0.05, 0.1) is 25.0 Å². The topological polar surface area (TPSA) is 152 Å². The maximum atomic E-state index is 13.6. The van der Waals surface area contributed by atoms with E-state index in [9.17, 15) is 31.9 Å². The number of rotatable bonds is 13. The number of benzene rings is 1. The second-order valence-corrected chi connectivity index (χ2v) is 11.2. The minimum absolute atomic E-state index is 0.0898. The van der Waals surface area contributed by atoms with E-state index in [0.717, 1.165) is 35.8 Å². The third kappa shape index (κ3) is 8.95. The molecule has 0 radical (unpaired) electrons. The van der Waals surface area contributed by atoms with Crippen LogP contribution in [0.5, 0.6) is 11.8 Å². The number of carbonyl (C=O) groups excluding carboxylic acids is 3. The fraction of sp³-hybridized carbons (Fsp3) is 0.394. The molecule has 0 aliphatic carbocycles. The number of alkyl halides is 4. The van der Waals surface area contributed by atoms with Crippen LogP contribution in [0.15, 0.2) is 43.1 Å². The van der Waals surface area contributed by atoms with E-state index in [-0.39, 0.29) is 41.6 Å². The number of fused-ring (bicyclic) bond motifs is 1. The predicted molar refractivity (Wildman–Crippen MR) is 169 cm³/mol. The minimum Gasteiger partial charge on any atom is -0.471 e. The van der Waals surface area contributed by atoms with Gasteiger partial charge in [0.25, 0.3) is 17.8 Å². The lowest BCUT2D eigenvalue weighted by molar-refractivity contribution is -0.0453. The van der Waals surface area contributed by atoms with Crippen molar-refractivity contribution in [3.8, 4) is 22.9 Å². The van der Waals surface area contributed by atoms with Gasteiger partial charge in [0, 0.05) is 38.2 Å². The molecule has 1 amide bonds. The largest absolute Gasteiger partial charge is 0.471 e. The van der Waals surface area contributed by atoms with Crippen LogP contribution in [0, 0.1) is 6.92 Å². The highest BCUT2D eigenvalue weighted by atomic mass is 19.3. The Kier molecular flexibility index (Phi) is 11.8. The van der Waals surface area contributed by atoms with Gasteiger partial charge in [0.15, 0.2) is 25.1 Å². The van der Waals surface area contributed by atoms with Gasteiger partial charge in [-0.15, -0.1) is 0 Å². The smallest absolute Gasteiger partial charge is 0.345 e. The first kappa shape index (κ1) is 37.3. The second kappa shape index (κ2) is 15.8. The lowest BCUT2D eigenvalue weighted by Crippen LogP contribution is -2.26. The molecule has 3 aromatic heterocycles. The number of hydrogen-bond donors (Lipinski definition) is 0. The number of nitrogens with zero attached hydrogens (tertiary/aromatic N) is 7. The third-order valence-corrected chi connectivity index (χ3v) is 7.60. The van der Waals surface area contributed by atoms with Crippen LogP contribution in [0.1, 0.15) is 74.8 Å². The summed E-state index contributed by atoms with van der Waals surface area (Å²) in [6.45, 7) is 3.49. The van der Waals surface area contributed by atoms with Gasteiger partial charge in [0.1, 0.15) is 23.9 Å². The molecule has 0 N–H and O–H groups in total. The Bertz CT molecular complexity index is 1840. The van der Waals surface area contributed by atoms with Gasteiger partial charge in [-0.2, -0.15) is 5.10 Å². The molecule has 17 heteroatoms. The molecular weight excluding hydrogens is 666 g/mol. The molecule has 0 spiro atoms. The Balaban J connectivity index is 0.000000255. The van der Waals surface area contributed by atoms with Crippen molar-refractivity contribution >= 4 is 18.2 Å². The van der Waals surface area contributed by atoms with Gasteiger partial charge < -0.3 is 19.1 Å². The second-order valence-electron chi connectivity index (χ2n) is 11.2. The summed E-state index contributed by atoms with van der Waals surface area (Å²) in [5, 5.41) is 4.36. The highest BCUT2D eigenvalue weighted by Gasteiger charge is 2.35. The Morgan fingerprint density at radius 3 is 2.10 bits per heavy atom. The molecule has 0 saturated heterocycles. The zero-order chi connectivity index (χ0) is 36.6. The molecule has 0 bridgehead atoms. The first-order valence-electron chi connectivity index (χ1n) is 15.3. The number of aldehydes is 1. The first-order chi connectivity index (χ1) is 23.7. The molecule has 0 fully saturated rings. The molecule has 0 saturated carbocycles. The molecule has 13 nitrogen and oxygen atoms in total. The van der Waals surface area contributed by atoms with Crippen LogP contribution in [0.4, 0.5) is 17.6 Å². The molecule has 1 aromatic carbocycles. The molecule has 1 aliphatic rings. The number of aromatic nitrogens is 6. The Morgan fingerprint density at radius 2 is 1.54 bits per heavy atom. The minimum atomic E-state index is -3.06. The molecule has 1 aliphatic heterocycles. The summed E-state index contributed by atoms with van der Waals surface area (Å²) in [5.74, 6) is -7.78. The summed E-state index contributed by atoms with van der Waals surface area (Å²) in [7, 11) is 2.96. The number of carbonyl (C=O) groups is 3. The highest BCUT2D eigenvalue weighted by molar-refractivity contribution is 6.00. The van der Waals surface area contributed by atoms with Crippen LogP contribution < -0.4 is 9.47 Å². The molecule has 266 valence electrons. The number of methoxy groups -OCH3 is 1. The number of halogens is 4. The van der Waals surface area contributed by atoms with Crippen LogP contribution in [0.2, 0.25) is 0 Å². The van der Waals surface area contributed by atoms with Crippen molar-refractivity contribution in [1.29, 1.82) is 0 Å². The summed E-state index contributed by atoms with van der Waals surface area (Å²) >= 11 is 0. The Labute approximate surface area is 284 Å². The zero-order valence-electron chi connectivity index (χ0n) is 28.0. The van der Waals surface area contributed by atoms with E-state index < -0.39 is 43.3 Å². The van der Waals surface area contributed by atoms with Crippen molar-refractivity contribution in [3.63, 3.8) is 0 Å². The van der Waals surface area contributed by atoms with Crippen LogP contribution in [-0.4, -0.2) is 84.9 Å². The van der Waals surface area contributed by atoms with E-state index in [1.54, 1.807) is 9.58 Å². The molecule has 50 heavy (non-hydrogen) atoms. The van der Waals surface area contributed by atoms with Crippen molar-refractivity contribution in [2.75, 3.05) is 20.3 Å². The summed E-state index contributed by atoms with van der Waals surface area (Å²) < 4.78 is 69.5. The highest BCUT2D eigenvalue weighted by Crippen LogP contribution is 2.31. The van der Waals surface area contributed by atoms with Crippen molar-refractivity contribution in [1.82, 2.24) is 34.6 Å². The zero-order valence-corrected chi connectivity index (χ0v) is 28.0. The van der Waals surface area contributed by atoms with Gasteiger partial charge in [-0.3, -0.25) is 14.3 Å². The SMILES string of the molecule is CCC(F)(F)COc1ncnc(C=O)c1C(=O)OC.CCC(F)(F)COc1ncnc2c1C(=O)N(Cc1ccc(-c3cn(C)nc3C)cc1)C2. The van der Waals surface area contributed by atoms with E-state index in [2.05, 4.69) is 29.8 Å².